The predicted octanol–water partition coefficient (Wildman–Crippen LogP) is 3.75. The summed E-state index contributed by atoms with van der Waals surface area (Å²) >= 11 is 0. The highest BCUT2D eigenvalue weighted by Gasteiger charge is 2.27. The molecule has 0 radical (unpaired) electrons. The van der Waals surface area contributed by atoms with Gasteiger partial charge in [-0.05, 0) is 22.6 Å². The summed E-state index contributed by atoms with van der Waals surface area (Å²) in [6.45, 7) is 10.3. The van der Waals surface area contributed by atoms with Crippen LogP contribution in [0.2, 0.25) is 0 Å². The van der Waals surface area contributed by atoms with Gasteiger partial charge in [0.1, 0.15) is 5.75 Å². The number of methoxy groups -OCH3 is 1. The lowest BCUT2D eigenvalue weighted by atomic mass is 9.77. The molecule has 0 aliphatic carbocycles. The van der Waals surface area contributed by atoms with E-state index in [4.69, 9.17) is 9.84 Å². The summed E-state index contributed by atoms with van der Waals surface area (Å²) in [5.74, 6) is 0.0699. The average Bonchev–Trinajstić information content (AvgIpc) is 2.25. The van der Waals surface area contributed by atoms with Crippen LogP contribution in [0.3, 0.4) is 0 Å². The van der Waals surface area contributed by atoms with Gasteiger partial charge in [-0.2, -0.15) is 0 Å². The molecular formula is C16H24O3. The first kappa shape index (κ1) is 15.5. The monoisotopic (exact) mass is 264 g/mol. The first-order valence-electron chi connectivity index (χ1n) is 6.49. The fourth-order valence-corrected chi connectivity index (χ4v) is 2.20. The van der Waals surface area contributed by atoms with Crippen LogP contribution < -0.4 is 4.74 Å². The quantitative estimate of drug-likeness (QED) is 0.901. The van der Waals surface area contributed by atoms with E-state index in [0.717, 1.165) is 16.9 Å². The number of carboxylic acids is 1. The molecule has 3 nitrogen and oxygen atoms in total. The SMILES string of the molecule is COc1ccc(C(C)(C)CC(=O)O)cc1C(C)(C)C. The fraction of sp³-hybridized carbons (Fsp3) is 0.562. The summed E-state index contributed by atoms with van der Waals surface area (Å²) < 4.78 is 5.40. The molecule has 1 aromatic carbocycles. The van der Waals surface area contributed by atoms with Gasteiger partial charge in [-0.25, -0.2) is 0 Å². The lowest BCUT2D eigenvalue weighted by molar-refractivity contribution is -0.138. The Morgan fingerprint density at radius 1 is 1.21 bits per heavy atom. The van der Waals surface area contributed by atoms with Gasteiger partial charge >= 0.3 is 5.97 Å². The molecule has 1 N–H and O–H groups in total. The van der Waals surface area contributed by atoms with Gasteiger partial charge in [0.2, 0.25) is 0 Å². The van der Waals surface area contributed by atoms with E-state index in [-0.39, 0.29) is 11.8 Å². The number of ether oxygens (including phenoxy) is 1. The molecule has 0 amide bonds. The van der Waals surface area contributed by atoms with Crippen LogP contribution in [-0.4, -0.2) is 18.2 Å². The highest BCUT2D eigenvalue weighted by molar-refractivity contribution is 5.69. The number of carboxylic acid groups (broad SMARTS) is 1. The second-order valence-electron chi connectivity index (χ2n) is 6.62. The summed E-state index contributed by atoms with van der Waals surface area (Å²) in [6, 6.07) is 5.96. The highest BCUT2D eigenvalue weighted by Crippen LogP contribution is 2.36. The molecule has 0 heterocycles. The van der Waals surface area contributed by atoms with Crippen LogP contribution in [-0.2, 0) is 15.6 Å². The van der Waals surface area contributed by atoms with Crippen molar-refractivity contribution in [2.75, 3.05) is 7.11 Å². The second-order valence-corrected chi connectivity index (χ2v) is 6.62. The molecule has 0 atom stereocenters. The van der Waals surface area contributed by atoms with Gasteiger partial charge in [-0.1, -0.05) is 46.8 Å². The van der Waals surface area contributed by atoms with Crippen molar-refractivity contribution in [1.82, 2.24) is 0 Å². The molecule has 0 fully saturated rings. The highest BCUT2D eigenvalue weighted by atomic mass is 16.5. The fourth-order valence-electron chi connectivity index (χ4n) is 2.20. The number of benzene rings is 1. The summed E-state index contributed by atoms with van der Waals surface area (Å²) in [6.07, 6.45) is 0.114. The minimum atomic E-state index is -0.780. The second kappa shape index (κ2) is 5.24. The number of hydrogen-bond acceptors (Lipinski definition) is 2. The van der Waals surface area contributed by atoms with E-state index in [2.05, 4.69) is 26.8 Å². The largest absolute Gasteiger partial charge is 0.496 e. The van der Waals surface area contributed by atoms with Crippen molar-refractivity contribution in [2.24, 2.45) is 0 Å². The molecule has 1 aromatic rings. The van der Waals surface area contributed by atoms with Crippen LogP contribution in [0.4, 0.5) is 0 Å². The number of carbonyl (C=O) groups is 1. The minimum Gasteiger partial charge on any atom is -0.496 e. The van der Waals surface area contributed by atoms with E-state index in [1.165, 1.54) is 0 Å². The zero-order chi connectivity index (χ0) is 14.8. The Morgan fingerprint density at radius 2 is 1.79 bits per heavy atom. The Bertz CT molecular complexity index is 467. The van der Waals surface area contributed by atoms with Gasteiger partial charge in [0.05, 0.1) is 13.5 Å². The average molecular weight is 264 g/mol. The summed E-state index contributed by atoms with van der Waals surface area (Å²) in [4.78, 5) is 11.0. The van der Waals surface area contributed by atoms with Crippen LogP contribution in [0.5, 0.6) is 5.75 Å². The Kier molecular flexibility index (Phi) is 4.28. The van der Waals surface area contributed by atoms with Crippen molar-refractivity contribution in [2.45, 2.75) is 51.9 Å². The molecule has 0 aromatic heterocycles. The zero-order valence-electron chi connectivity index (χ0n) is 12.7. The van der Waals surface area contributed by atoms with E-state index >= 15 is 0 Å². The van der Waals surface area contributed by atoms with Crippen LogP contribution in [0.25, 0.3) is 0 Å². The van der Waals surface area contributed by atoms with E-state index in [0.29, 0.717) is 0 Å². The smallest absolute Gasteiger partial charge is 0.304 e. The Labute approximate surface area is 115 Å². The standard InChI is InChI=1S/C16H24O3/c1-15(2,3)12-9-11(7-8-13(12)19-6)16(4,5)10-14(17)18/h7-9H,10H2,1-6H3,(H,17,18). The molecule has 0 saturated carbocycles. The lowest BCUT2D eigenvalue weighted by Gasteiger charge is -2.28. The summed E-state index contributed by atoms with van der Waals surface area (Å²) in [5.41, 5.74) is 1.70. The normalized spacial score (nSPS) is 12.3. The van der Waals surface area contributed by atoms with Crippen molar-refractivity contribution in [1.29, 1.82) is 0 Å². The predicted molar refractivity (Wildman–Crippen MR) is 77.0 cm³/mol. The molecule has 0 bridgehead atoms. The van der Waals surface area contributed by atoms with Crippen LogP contribution in [0, 0.1) is 0 Å². The molecular weight excluding hydrogens is 240 g/mol. The van der Waals surface area contributed by atoms with E-state index in [1.807, 2.05) is 26.0 Å². The number of aliphatic carboxylic acids is 1. The van der Waals surface area contributed by atoms with Crippen LogP contribution in [0.1, 0.15) is 52.2 Å². The first-order valence-corrected chi connectivity index (χ1v) is 6.49. The van der Waals surface area contributed by atoms with E-state index < -0.39 is 11.4 Å². The summed E-state index contributed by atoms with van der Waals surface area (Å²) in [7, 11) is 1.66. The number of hydrogen-bond donors (Lipinski definition) is 1. The van der Waals surface area contributed by atoms with Gasteiger partial charge in [-0.15, -0.1) is 0 Å². The Hall–Kier alpha value is -1.51. The van der Waals surface area contributed by atoms with Crippen molar-refractivity contribution >= 4 is 5.97 Å². The maximum Gasteiger partial charge on any atom is 0.304 e. The third-order valence-electron chi connectivity index (χ3n) is 3.38. The molecule has 0 unspecified atom stereocenters. The third-order valence-corrected chi connectivity index (χ3v) is 3.38. The van der Waals surface area contributed by atoms with Crippen molar-refractivity contribution in [3.63, 3.8) is 0 Å². The molecule has 0 aliphatic rings. The maximum atomic E-state index is 11.0. The molecule has 19 heavy (non-hydrogen) atoms. The molecule has 0 spiro atoms. The minimum absolute atomic E-state index is 0.0410. The molecule has 3 heteroatoms. The molecule has 0 aliphatic heterocycles. The van der Waals surface area contributed by atoms with Crippen LogP contribution in [0.15, 0.2) is 18.2 Å². The van der Waals surface area contributed by atoms with Gasteiger partial charge in [0.25, 0.3) is 0 Å². The van der Waals surface area contributed by atoms with Crippen LogP contribution >= 0.6 is 0 Å². The lowest BCUT2D eigenvalue weighted by Crippen LogP contribution is -2.23. The van der Waals surface area contributed by atoms with Gasteiger partial charge in [0, 0.05) is 5.41 Å². The van der Waals surface area contributed by atoms with Gasteiger partial charge in [-0.3, -0.25) is 4.79 Å². The Morgan fingerprint density at radius 3 is 2.21 bits per heavy atom. The van der Waals surface area contributed by atoms with Crippen molar-refractivity contribution in [3.8, 4) is 5.75 Å². The molecule has 0 saturated heterocycles. The number of rotatable bonds is 4. The van der Waals surface area contributed by atoms with Crippen molar-refractivity contribution in [3.05, 3.63) is 29.3 Å². The summed E-state index contributed by atoms with van der Waals surface area (Å²) in [5, 5.41) is 9.02. The van der Waals surface area contributed by atoms with Crippen molar-refractivity contribution < 1.29 is 14.6 Å². The molecule has 1 rings (SSSR count). The first-order chi connectivity index (χ1) is 8.58. The molecule has 106 valence electrons. The maximum absolute atomic E-state index is 11.0. The van der Waals surface area contributed by atoms with Gasteiger partial charge < -0.3 is 9.84 Å². The van der Waals surface area contributed by atoms with E-state index in [1.54, 1.807) is 7.11 Å². The Balaban J connectivity index is 3.29. The topological polar surface area (TPSA) is 46.5 Å². The van der Waals surface area contributed by atoms with E-state index in [9.17, 15) is 4.79 Å². The zero-order valence-corrected chi connectivity index (χ0v) is 12.7. The third kappa shape index (κ3) is 3.72. The van der Waals surface area contributed by atoms with Gasteiger partial charge in [0.15, 0.2) is 0 Å².